The van der Waals surface area contributed by atoms with Crippen LogP contribution in [-0.4, -0.2) is 20.4 Å². The predicted octanol–water partition coefficient (Wildman–Crippen LogP) is 5.84. The van der Waals surface area contributed by atoms with Crippen molar-refractivity contribution in [1.82, 2.24) is 0 Å². The molecule has 35 heavy (non-hydrogen) atoms. The normalized spacial score (nSPS) is 12.7. The van der Waals surface area contributed by atoms with Crippen molar-refractivity contribution >= 4 is 27.3 Å². The van der Waals surface area contributed by atoms with Crippen LogP contribution in [0.15, 0.2) is 65.6 Å². The van der Waals surface area contributed by atoms with Gasteiger partial charge >= 0.3 is 6.18 Å². The lowest BCUT2D eigenvalue weighted by molar-refractivity contribution is -0.137. The van der Waals surface area contributed by atoms with Gasteiger partial charge in [-0.25, -0.2) is 8.42 Å². The summed E-state index contributed by atoms with van der Waals surface area (Å²) in [4.78, 5) is 12.4. The van der Waals surface area contributed by atoms with Gasteiger partial charge in [0.1, 0.15) is 5.75 Å². The molecule has 186 valence electrons. The molecule has 0 bridgehead atoms. The standard InChI is InChI=1S/C25H25F3N2O4S/c1-15-12-16(2)17(3)23(13-15)34-18(4)24(31)29-20-8-10-22(11-9-20)35(32,33)30-21-7-5-6-19(14-21)25(26,27)28/h5-14,18,30H,1-4H3,(H,29,31)/t18-/m0/s1. The van der Waals surface area contributed by atoms with Gasteiger partial charge in [-0.1, -0.05) is 12.1 Å². The van der Waals surface area contributed by atoms with E-state index in [9.17, 15) is 26.4 Å². The van der Waals surface area contributed by atoms with Crippen LogP contribution >= 0.6 is 0 Å². The van der Waals surface area contributed by atoms with Crippen molar-refractivity contribution in [2.75, 3.05) is 10.0 Å². The summed E-state index contributed by atoms with van der Waals surface area (Å²) >= 11 is 0. The number of rotatable bonds is 7. The molecule has 0 spiro atoms. The van der Waals surface area contributed by atoms with Crippen molar-refractivity contribution in [1.29, 1.82) is 0 Å². The summed E-state index contributed by atoms with van der Waals surface area (Å²) in [6.45, 7) is 7.39. The maximum absolute atomic E-state index is 12.9. The summed E-state index contributed by atoms with van der Waals surface area (Å²) in [5.74, 6) is 0.175. The number of carbonyl (C=O) groups excluding carboxylic acids is 1. The zero-order valence-electron chi connectivity index (χ0n) is 19.5. The molecule has 10 heteroatoms. The number of carbonyl (C=O) groups is 1. The topological polar surface area (TPSA) is 84.5 Å². The molecule has 3 rings (SSSR count). The van der Waals surface area contributed by atoms with E-state index in [1.165, 1.54) is 30.3 Å². The molecule has 0 radical (unpaired) electrons. The van der Waals surface area contributed by atoms with E-state index >= 15 is 0 Å². The first-order valence-corrected chi connectivity index (χ1v) is 12.1. The second-order valence-corrected chi connectivity index (χ2v) is 9.85. The largest absolute Gasteiger partial charge is 0.481 e. The van der Waals surface area contributed by atoms with E-state index in [0.29, 0.717) is 17.5 Å². The van der Waals surface area contributed by atoms with Crippen LogP contribution in [0.1, 0.15) is 29.2 Å². The first kappa shape index (κ1) is 26.1. The Bertz CT molecular complexity index is 1340. The number of hydrogen-bond acceptors (Lipinski definition) is 4. The van der Waals surface area contributed by atoms with Gasteiger partial charge < -0.3 is 10.1 Å². The first-order valence-electron chi connectivity index (χ1n) is 10.6. The van der Waals surface area contributed by atoms with Crippen LogP contribution in [-0.2, 0) is 21.0 Å². The molecule has 1 amide bonds. The number of ether oxygens (including phenoxy) is 1. The molecule has 0 saturated heterocycles. The van der Waals surface area contributed by atoms with Crippen LogP contribution in [0.2, 0.25) is 0 Å². The molecule has 0 aliphatic rings. The van der Waals surface area contributed by atoms with E-state index in [1.807, 2.05) is 32.9 Å². The highest BCUT2D eigenvalue weighted by Crippen LogP contribution is 2.31. The third kappa shape index (κ3) is 6.54. The summed E-state index contributed by atoms with van der Waals surface area (Å²) in [7, 11) is -4.15. The fourth-order valence-corrected chi connectivity index (χ4v) is 4.35. The number of alkyl halides is 3. The number of amides is 1. The minimum Gasteiger partial charge on any atom is -0.481 e. The van der Waals surface area contributed by atoms with Gasteiger partial charge in [-0.2, -0.15) is 13.2 Å². The number of anilines is 2. The molecule has 0 fully saturated rings. The lowest BCUT2D eigenvalue weighted by Gasteiger charge is -2.18. The molecule has 0 aromatic heterocycles. The van der Waals surface area contributed by atoms with E-state index in [1.54, 1.807) is 6.92 Å². The third-order valence-electron chi connectivity index (χ3n) is 5.31. The minimum atomic E-state index is -4.60. The van der Waals surface area contributed by atoms with Crippen molar-refractivity contribution in [2.45, 2.75) is 44.9 Å². The second kappa shape index (κ2) is 9.99. The molecule has 2 N–H and O–H groups in total. The predicted molar refractivity (Wildman–Crippen MR) is 128 cm³/mol. The fraction of sp³-hybridized carbons (Fsp3) is 0.240. The summed E-state index contributed by atoms with van der Waals surface area (Å²) in [5.41, 5.74) is 2.13. The fourth-order valence-electron chi connectivity index (χ4n) is 3.30. The maximum atomic E-state index is 12.9. The number of sulfonamides is 1. The lowest BCUT2D eigenvalue weighted by Crippen LogP contribution is -2.30. The quantitative estimate of drug-likeness (QED) is 0.422. The summed E-state index contributed by atoms with van der Waals surface area (Å²) in [5, 5.41) is 2.66. The molecule has 0 unspecified atom stereocenters. The van der Waals surface area contributed by atoms with E-state index < -0.39 is 33.8 Å². The number of benzene rings is 3. The Labute approximate surface area is 202 Å². The highest BCUT2D eigenvalue weighted by molar-refractivity contribution is 7.92. The molecule has 0 aliphatic heterocycles. The van der Waals surface area contributed by atoms with Crippen molar-refractivity contribution in [2.24, 2.45) is 0 Å². The molecule has 3 aromatic rings. The highest BCUT2D eigenvalue weighted by atomic mass is 32.2. The SMILES string of the molecule is Cc1cc(C)c(C)c(O[C@@H](C)C(=O)Nc2ccc(S(=O)(=O)Nc3cccc(C(F)(F)F)c3)cc2)c1. The van der Waals surface area contributed by atoms with Crippen molar-refractivity contribution in [3.8, 4) is 5.75 Å². The molecule has 0 heterocycles. The molecular weight excluding hydrogens is 481 g/mol. The van der Waals surface area contributed by atoms with Gasteiger partial charge in [0.2, 0.25) is 0 Å². The average Bonchev–Trinajstić information content (AvgIpc) is 2.76. The maximum Gasteiger partial charge on any atom is 0.416 e. The van der Waals surface area contributed by atoms with E-state index in [-0.39, 0.29) is 10.6 Å². The first-order chi connectivity index (χ1) is 16.3. The second-order valence-electron chi connectivity index (χ2n) is 8.16. The number of nitrogens with one attached hydrogen (secondary N) is 2. The van der Waals surface area contributed by atoms with Gasteiger partial charge in [-0.15, -0.1) is 0 Å². The van der Waals surface area contributed by atoms with Gasteiger partial charge in [0.25, 0.3) is 15.9 Å². The Kier molecular flexibility index (Phi) is 7.44. The summed E-state index contributed by atoms with van der Waals surface area (Å²) < 4.78 is 71.8. The van der Waals surface area contributed by atoms with Crippen LogP contribution in [0.5, 0.6) is 5.75 Å². The van der Waals surface area contributed by atoms with E-state index in [4.69, 9.17) is 4.74 Å². The van der Waals surface area contributed by atoms with Crippen LogP contribution in [0.25, 0.3) is 0 Å². The average molecular weight is 507 g/mol. The molecule has 6 nitrogen and oxygen atoms in total. The van der Waals surface area contributed by atoms with Crippen LogP contribution in [0.4, 0.5) is 24.5 Å². The van der Waals surface area contributed by atoms with Crippen LogP contribution in [0, 0.1) is 20.8 Å². The molecule has 0 aliphatic carbocycles. The van der Waals surface area contributed by atoms with Crippen molar-refractivity contribution in [3.05, 3.63) is 82.9 Å². The zero-order valence-corrected chi connectivity index (χ0v) is 20.3. The molecule has 1 atom stereocenters. The monoisotopic (exact) mass is 506 g/mol. The summed E-state index contributed by atoms with van der Waals surface area (Å²) in [6, 6.07) is 13.0. The zero-order chi connectivity index (χ0) is 26.0. The number of hydrogen-bond donors (Lipinski definition) is 2. The van der Waals surface area contributed by atoms with Gasteiger partial charge in [-0.3, -0.25) is 9.52 Å². The molecular formula is C25H25F3N2O4S. The molecule has 0 saturated carbocycles. The minimum absolute atomic E-state index is 0.178. The van der Waals surface area contributed by atoms with Crippen LogP contribution in [0.3, 0.4) is 0 Å². The lowest BCUT2D eigenvalue weighted by atomic mass is 10.1. The molecule has 3 aromatic carbocycles. The summed E-state index contributed by atoms with van der Waals surface area (Å²) in [6.07, 6.45) is -5.42. The highest BCUT2D eigenvalue weighted by Gasteiger charge is 2.30. The Morgan fingerprint density at radius 3 is 2.23 bits per heavy atom. The number of aryl methyl sites for hydroxylation is 2. The Balaban J connectivity index is 1.68. The van der Waals surface area contributed by atoms with E-state index in [2.05, 4.69) is 10.0 Å². The van der Waals surface area contributed by atoms with E-state index in [0.717, 1.165) is 28.8 Å². The van der Waals surface area contributed by atoms with Gasteiger partial charge in [0.15, 0.2) is 6.10 Å². The van der Waals surface area contributed by atoms with Crippen molar-refractivity contribution < 1.29 is 31.1 Å². The Hall–Kier alpha value is -3.53. The number of halogens is 3. The Morgan fingerprint density at radius 1 is 0.943 bits per heavy atom. The Morgan fingerprint density at radius 2 is 1.60 bits per heavy atom. The third-order valence-corrected chi connectivity index (χ3v) is 6.71. The van der Waals surface area contributed by atoms with Crippen molar-refractivity contribution in [3.63, 3.8) is 0 Å². The van der Waals surface area contributed by atoms with Crippen LogP contribution < -0.4 is 14.8 Å². The smallest absolute Gasteiger partial charge is 0.416 e. The van der Waals surface area contributed by atoms with Gasteiger partial charge in [-0.05, 0) is 92.9 Å². The van der Waals surface area contributed by atoms with Gasteiger partial charge in [0, 0.05) is 11.4 Å². The van der Waals surface area contributed by atoms with Gasteiger partial charge in [0.05, 0.1) is 10.5 Å².